The van der Waals surface area contributed by atoms with E-state index in [9.17, 15) is 9.59 Å². The fraction of sp³-hybridized carbons (Fsp3) is 0.222. The standard InChI is InChI=1S/C18H20N2O3S/c1-12(2)19-18(22)16(11-15-5-4-10-24-15)20-17(21)13-6-8-14(23-3)9-7-13/h4-12H,1-3H3,(H,19,22)(H,20,21)/b16-11-. The SMILES string of the molecule is COc1ccc(C(=O)N/C(=C\c2cccs2)C(=O)NC(C)C)cc1. The fourth-order valence-electron chi connectivity index (χ4n) is 1.95. The zero-order chi connectivity index (χ0) is 17.5. The van der Waals surface area contributed by atoms with Crippen LogP contribution >= 0.6 is 11.3 Å². The summed E-state index contributed by atoms with van der Waals surface area (Å²) >= 11 is 1.49. The maximum atomic E-state index is 12.4. The monoisotopic (exact) mass is 344 g/mol. The lowest BCUT2D eigenvalue weighted by Gasteiger charge is -2.13. The van der Waals surface area contributed by atoms with Crippen LogP contribution in [0.5, 0.6) is 5.75 Å². The molecule has 1 aromatic carbocycles. The number of carbonyl (C=O) groups excluding carboxylic acids is 2. The molecule has 6 heteroatoms. The van der Waals surface area contributed by atoms with Gasteiger partial charge in [0.05, 0.1) is 7.11 Å². The molecule has 0 atom stereocenters. The van der Waals surface area contributed by atoms with Crippen LogP contribution < -0.4 is 15.4 Å². The summed E-state index contributed by atoms with van der Waals surface area (Å²) in [4.78, 5) is 25.6. The summed E-state index contributed by atoms with van der Waals surface area (Å²) in [5, 5.41) is 7.40. The van der Waals surface area contributed by atoms with Crippen LogP contribution in [0.3, 0.4) is 0 Å². The molecule has 0 unspecified atom stereocenters. The van der Waals surface area contributed by atoms with Crippen LogP contribution in [0.1, 0.15) is 29.1 Å². The number of methoxy groups -OCH3 is 1. The van der Waals surface area contributed by atoms with E-state index in [0.717, 1.165) is 4.88 Å². The summed E-state index contributed by atoms with van der Waals surface area (Å²) < 4.78 is 5.08. The van der Waals surface area contributed by atoms with Gasteiger partial charge in [0.1, 0.15) is 11.4 Å². The molecular formula is C18H20N2O3S. The molecule has 0 saturated carbocycles. The van der Waals surface area contributed by atoms with Crippen molar-refractivity contribution in [3.05, 3.63) is 57.9 Å². The summed E-state index contributed by atoms with van der Waals surface area (Å²) in [5.41, 5.74) is 0.664. The molecule has 24 heavy (non-hydrogen) atoms. The Morgan fingerprint density at radius 2 is 1.88 bits per heavy atom. The highest BCUT2D eigenvalue weighted by atomic mass is 32.1. The summed E-state index contributed by atoms with van der Waals surface area (Å²) in [6.07, 6.45) is 1.67. The normalized spacial score (nSPS) is 11.2. The van der Waals surface area contributed by atoms with Crippen molar-refractivity contribution in [2.45, 2.75) is 19.9 Å². The molecule has 0 bridgehead atoms. The van der Waals surface area contributed by atoms with Crippen molar-refractivity contribution < 1.29 is 14.3 Å². The van der Waals surface area contributed by atoms with Crippen LogP contribution in [-0.4, -0.2) is 25.0 Å². The van der Waals surface area contributed by atoms with Gasteiger partial charge in [-0.2, -0.15) is 0 Å². The average molecular weight is 344 g/mol. The van der Waals surface area contributed by atoms with Crippen molar-refractivity contribution in [1.82, 2.24) is 10.6 Å². The smallest absolute Gasteiger partial charge is 0.268 e. The van der Waals surface area contributed by atoms with Gasteiger partial charge in [-0.05, 0) is 55.6 Å². The first-order valence-electron chi connectivity index (χ1n) is 7.51. The summed E-state index contributed by atoms with van der Waals surface area (Å²) in [6, 6.07) is 10.4. The molecule has 126 valence electrons. The number of hydrogen-bond acceptors (Lipinski definition) is 4. The number of ether oxygens (including phenoxy) is 1. The summed E-state index contributed by atoms with van der Waals surface area (Å²) in [5.74, 6) is -0.00178. The van der Waals surface area contributed by atoms with Crippen molar-refractivity contribution in [3.63, 3.8) is 0 Å². The Labute approximate surface area is 145 Å². The Morgan fingerprint density at radius 1 is 1.17 bits per heavy atom. The number of rotatable bonds is 6. The van der Waals surface area contributed by atoms with Gasteiger partial charge < -0.3 is 15.4 Å². The number of nitrogens with one attached hydrogen (secondary N) is 2. The molecule has 0 aliphatic carbocycles. The Morgan fingerprint density at radius 3 is 2.42 bits per heavy atom. The van der Waals surface area contributed by atoms with Crippen molar-refractivity contribution in [1.29, 1.82) is 0 Å². The van der Waals surface area contributed by atoms with Crippen LogP contribution in [0.4, 0.5) is 0 Å². The van der Waals surface area contributed by atoms with E-state index in [-0.39, 0.29) is 23.6 Å². The number of thiophene rings is 1. The third-order valence-corrected chi connectivity index (χ3v) is 3.91. The summed E-state index contributed by atoms with van der Waals surface area (Å²) in [7, 11) is 1.56. The predicted octanol–water partition coefficient (Wildman–Crippen LogP) is 3.05. The zero-order valence-corrected chi connectivity index (χ0v) is 14.6. The largest absolute Gasteiger partial charge is 0.497 e. The van der Waals surface area contributed by atoms with E-state index < -0.39 is 0 Å². The molecule has 5 nitrogen and oxygen atoms in total. The van der Waals surface area contributed by atoms with Crippen molar-refractivity contribution >= 4 is 29.2 Å². The van der Waals surface area contributed by atoms with Crippen LogP contribution in [0.2, 0.25) is 0 Å². The lowest BCUT2D eigenvalue weighted by Crippen LogP contribution is -2.38. The molecule has 0 spiro atoms. The van der Waals surface area contributed by atoms with Gasteiger partial charge >= 0.3 is 0 Å². The second-order valence-corrected chi connectivity index (χ2v) is 6.36. The van der Waals surface area contributed by atoms with Crippen molar-refractivity contribution in [2.24, 2.45) is 0 Å². The molecule has 2 aromatic rings. The van der Waals surface area contributed by atoms with Crippen LogP contribution in [0.25, 0.3) is 6.08 Å². The lowest BCUT2D eigenvalue weighted by atomic mass is 10.2. The Hall–Kier alpha value is -2.60. The lowest BCUT2D eigenvalue weighted by molar-refractivity contribution is -0.118. The number of benzene rings is 1. The van der Waals surface area contributed by atoms with Crippen molar-refractivity contribution in [3.8, 4) is 5.75 Å². The molecule has 1 aromatic heterocycles. The van der Waals surface area contributed by atoms with Gasteiger partial charge in [0.2, 0.25) is 0 Å². The molecule has 2 amide bonds. The minimum atomic E-state index is -0.348. The molecule has 0 saturated heterocycles. The predicted molar refractivity (Wildman–Crippen MR) is 96.0 cm³/mol. The third-order valence-electron chi connectivity index (χ3n) is 3.09. The first-order valence-corrected chi connectivity index (χ1v) is 8.39. The van der Waals surface area contributed by atoms with E-state index in [4.69, 9.17) is 4.74 Å². The molecule has 0 radical (unpaired) electrons. The van der Waals surface area contributed by atoms with Crippen LogP contribution in [0.15, 0.2) is 47.5 Å². The molecule has 0 aliphatic rings. The highest BCUT2D eigenvalue weighted by Gasteiger charge is 2.15. The minimum Gasteiger partial charge on any atom is -0.497 e. The molecule has 0 fully saturated rings. The topological polar surface area (TPSA) is 67.4 Å². The molecule has 2 N–H and O–H groups in total. The van der Waals surface area contributed by atoms with E-state index in [1.54, 1.807) is 37.5 Å². The molecule has 2 rings (SSSR count). The first-order chi connectivity index (χ1) is 11.5. The van der Waals surface area contributed by atoms with E-state index in [1.165, 1.54) is 11.3 Å². The van der Waals surface area contributed by atoms with Gasteiger partial charge in [-0.1, -0.05) is 6.07 Å². The fourth-order valence-corrected chi connectivity index (χ4v) is 2.61. The van der Waals surface area contributed by atoms with Gasteiger partial charge in [-0.25, -0.2) is 0 Å². The van der Waals surface area contributed by atoms with Crippen molar-refractivity contribution in [2.75, 3.05) is 7.11 Å². The number of carbonyl (C=O) groups is 2. The average Bonchev–Trinajstić information content (AvgIpc) is 3.06. The number of hydrogen-bond donors (Lipinski definition) is 2. The van der Waals surface area contributed by atoms with Crippen LogP contribution in [0, 0.1) is 0 Å². The Bertz CT molecular complexity index is 719. The second-order valence-electron chi connectivity index (χ2n) is 5.38. The molecule has 0 aliphatic heterocycles. The van der Waals surface area contributed by atoms with E-state index in [0.29, 0.717) is 11.3 Å². The van der Waals surface area contributed by atoms with E-state index in [2.05, 4.69) is 10.6 Å². The first kappa shape index (κ1) is 17.7. The molecular weight excluding hydrogens is 324 g/mol. The number of amides is 2. The maximum Gasteiger partial charge on any atom is 0.268 e. The highest BCUT2D eigenvalue weighted by Crippen LogP contribution is 2.14. The van der Waals surface area contributed by atoms with Gasteiger partial charge in [0.25, 0.3) is 11.8 Å². The van der Waals surface area contributed by atoms with Gasteiger partial charge in [0.15, 0.2) is 0 Å². The molecule has 1 heterocycles. The third kappa shape index (κ3) is 4.96. The maximum absolute atomic E-state index is 12.4. The van der Waals surface area contributed by atoms with E-state index >= 15 is 0 Å². The Kier molecular flexibility index (Phi) is 6.14. The zero-order valence-electron chi connectivity index (χ0n) is 13.8. The van der Waals surface area contributed by atoms with Crippen LogP contribution in [-0.2, 0) is 4.79 Å². The quantitative estimate of drug-likeness (QED) is 0.792. The van der Waals surface area contributed by atoms with E-state index in [1.807, 2.05) is 31.4 Å². The minimum absolute atomic E-state index is 0.0258. The second kappa shape index (κ2) is 8.31. The van der Waals surface area contributed by atoms with Gasteiger partial charge in [0, 0.05) is 16.5 Å². The summed E-state index contributed by atoms with van der Waals surface area (Å²) in [6.45, 7) is 3.73. The van der Waals surface area contributed by atoms with Gasteiger partial charge in [-0.3, -0.25) is 9.59 Å². The van der Waals surface area contributed by atoms with Gasteiger partial charge in [-0.15, -0.1) is 11.3 Å². The highest BCUT2D eigenvalue weighted by molar-refractivity contribution is 7.10. The Balaban J connectivity index is 2.20.